The second-order valence-corrected chi connectivity index (χ2v) is 6.67. The van der Waals surface area contributed by atoms with E-state index in [2.05, 4.69) is 15.0 Å². The van der Waals surface area contributed by atoms with Crippen molar-refractivity contribution in [1.82, 2.24) is 19.5 Å². The molecule has 1 unspecified atom stereocenters. The molecule has 3 heterocycles. The molecule has 1 fully saturated rings. The summed E-state index contributed by atoms with van der Waals surface area (Å²) in [7, 11) is -4.77. The zero-order chi connectivity index (χ0) is 16.1. The number of nitrogens with two attached hydrogens (primary N) is 1. The maximum absolute atomic E-state index is 13.9. The number of fused-ring (bicyclic) bond motifs is 1. The minimum atomic E-state index is -4.77. The standard InChI is InChI=1S/C10H13FN5O5P/c11-4-1-6(22(18,19)20)21-5(4)2-16-3-13-7-8(16)14-10(12)15-9(7)17/h3-6H,1-2H2,(H2,18,19,20)(H3,12,14,15,17)/p-1/t4-,5+,6-/m0/s1. The summed E-state index contributed by atoms with van der Waals surface area (Å²) in [6.07, 6.45) is -1.90. The number of halogens is 1. The summed E-state index contributed by atoms with van der Waals surface area (Å²) in [5.74, 6) is -1.70. The van der Waals surface area contributed by atoms with Crippen molar-refractivity contribution < 1.29 is 23.5 Å². The number of rotatable bonds is 3. The van der Waals surface area contributed by atoms with Crippen molar-refractivity contribution in [3.05, 3.63) is 16.7 Å². The van der Waals surface area contributed by atoms with Gasteiger partial charge in [0.05, 0.1) is 12.9 Å². The Labute approximate surface area is 122 Å². The summed E-state index contributed by atoms with van der Waals surface area (Å²) >= 11 is 0. The van der Waals surface area contributed by atoms with E-state index in [9.17, 15) is 18.6 Å². The SMILES string of the molecule is Nc1nc2c(ncn2C[C@H]2O[C@@H](P(=O)([O-])O)C[C@@H]2F)c(=O)[nH]1. The molecular formula is C10H12FN5O5P-. The molecule has 0 aliphatic carbocycles. The molecule has 0 saturated carbocycles. The molecule has 1 saturated heterocycles. The second kappa shape index (κ2) is 5.13. The molecule has 0 bridgehead atoms. The van der Waals surface area contributed by atoms with E-state index in [4.69, 9.17) is 15.4 Å². The second-order valence-electron chi connectivity index (χ2n) is 4.97. The number of anilines is 1. The van der Waals surface area contributed by atoms with Crippen LogP contribution in [-0.4, -0.2) is 42.5 Å². The number of aromatic amines is 1. The summed E-state index contributed by atoms with van der Waals surface area (Å²) in [6, 6.07) is 0. The van der Waals surface area contributed by atoms with Crippen LogP contribution in [0.2, 0.25) is 0 Å². The summed E-state index contributed by atoms with van der Waals surface area (Å²) in [4.78, 5) is 41.6. The highest BCUT2D eigenvalue weighted by Crippen LogP contribution is 2.45. The number of nitrogens with zero attached hydrogens (tertiary/aromatic N) is 3. The van der Waals surface area contributed by atoms with Crippen molar-refractivity contribution in [2.45, 2.75) is 31.1 Å². The third-order valence-corrected chi connectivity index (χ3v) is 4.46. The Hall–Kier alpha value is -1.81. The quantitative estimate of drug-likeness (QED) is 0.585. The molecule has 120 valence electrons. The van der Waals surface area contributed by atoms with E-state index in [1.807, 2.05) is 0 Å². The third-order valence-electron chi connectivity index (χ3n) is 3.40. The smallest absolute Gasteiger partial charge is 0.280 e. The molecular weight excluding hydrogens is 320 g/mol. The fraction of sp³-hybridized carbons (Fsp3) is 0.500. The average Bonchev–Trinajstić information content (AvgIpc) is 2.95. The van der Waals surface area contributed by atoms with Gasteiger partial charge in [0.25, 0.3) is 5.56 Å². The van der Waals surface area contributed by atoms with Gasteiger partial charge in [0, 0.05) is 6.42 Å². The minimum Gasteiger partial charge on any atom is -0.777 e. The molecule has 10 nitrogen and oxygen atoms in total. The maximum Gasteiger partial charge on any atom is 0.280 e. The van der Waals surface area contributed by atoms with E-state index in [0.29, 0.717) is 0 Å². The summed E-state index contributed by atoms with van der Waals surface area (Å²) in [5.41, 5.74) is 5.06. The summed E-state index contributed by atoms with van der Waals surface area (Å²) in [6.45, 7) is -0.121. The Kier molecular flexibility index (Phi) is 3.52. The summed E-state index contributed by atoms with van der Waals surface area (Å²) < 4.78 is 31.3. The first-order valence-electron chi connectivity index (χ1n) is 6.29. The fourth-order valence-electron chi connectivity index (χ4n) is 2.35. The lowest BCUT2D eigenvalue weighted by Crippen LogP contribution is -2.24. The number of H-pyrrole nitrogens is 1. The highest BCUT2D eigenvalue weighted by molar-refractivity contribution is 7.50. The van der Waals surface area contributed by atoms with Gasteiger partial charge in [-0.3, -0.25) is 9.78 Å². The molecule has 12 heteroatoms. The molecule has 1 aliphatic rings. The first-order valence-corrected chi connectivity index (χ1v) is 7.94. The minimum absolute atomic E-state index is 0.0239. The first kappa shape index (κ1) is 15.1. The van der Waals surface area contributed by atoms with Crippen LogP contribution >= 0.6 is 7.60 Å². The van der Waals surface area contributed by atoms with E-state index >= 15 is 0 Å². The van der Waals surface area contributed by atoms with Crippen molar-refractivity contribution in [1.29, 1.82) is 0 Å². The zero-order valence-corrected chi connectivity index (χ0v) is 11.9. The van der Waals surface area contributed by atoms with Gasteiger partial charge in [0.15, 0.2) is 18.8 Å². The molecule has 0 radical (unpaired) electrons. The Morgan fingerprint density at radius 2 is 2.41 bits per heavy atom. The normalized spacial score (nSPS) is 28.0. The molecule has 1 aliphatic heterocycles. The van der Waals surface area contributed by atoms with Crippen LogP contribution in [0.15, 0.2) is 11.1 Å². The van der Waals surface area contributed by atoms with Gasteiger partial charge in [0.1, 0.15) is 18.1 Å². The van der Waals surface area contributed by atoms with Gasteiger partial charge in [-0.1, -0.05) is 0 Å². The van der Waals surface area contributed by atoms with Crippen molar-refractivity contribution >= 4 is 24.7 Å². The summed E-state index contributed by atoms with van der Waals surface area (Å²) in [5, 5.41) is 0. The number of hydrogen-bond acceptors (Lipinski definition) is 7. The van der Waals surface area contributed by atoms with Gasteiger partial charge in [-0.25, -0.2) is 9.37 Å². The monoisotopic (exact) mass is 332 g/mol. The van der Waals surface area contributed by atoms with E-state index < -0.39 is 37.7 Å². The predicted octanol–water partition coefficient (Wildman–Crippen LogP) is -1.30. The highest BCUT2D eigenvalue weighted by Gasteiger charge is 2.40. The van der Waals surface area contributed by atoms with Crippen LogP contribution in [0, 0.1) is 0 Å². The van der Waals surface area contributed by atoms with Crippen molar-refractivity contribution in [2.24, 2.45) is 0 Å². The molecule has 4 atom stereocenters. The lowest BCUT2D eigenvalue weighted by Gasteiger charge is -2.23. The van der Waals surface area contributed by atoms with Crippen LogP contribution in [0.25, 0.3) is 11.2 Å². The Bertz CT molecular complexity index is 816. The average molecular weight is 332 g/mol. The maximum atomic E-state index is 13.9. The van der Waals surface area contributed by atoms with Crippen molar-refractivity contribution in [3.8, 4) is 0 Å². The van der Waals surface area contributed by atoms with Crippen LogP contribution in [0.1, 0.15) is 6.42 Å². The lowest BCUT2D eigenvalue weighted by atomic mass is 10.2. The van der Waals surface area contributed by atoms with Crippen LogP contribution in [-0.2, 0) is 15.8 Å². The van der Waals surface area contributed by atoms with E-state index in [0.717, 1.165) is 0 Å². The van der Waals surface area contributed by atoms with Crippen LogP contribution in [0.3, 0.4) is 0 Å². The van der Waals surface area contributed by atoms with Gasteiger partial charge in [-0.15, -0.1) is 0 Å². The Balaban J connectivity index is 1.88. The van der Waals surface area contributed by atoms with E-state index in [1.165, 1.54) is 10.9 Å². The predicted molar refractivity (Wildman–Crippen MR) is 70.6 cm³/mol. The Morgan fingerprint density at radius 1 is 1.68 bits per heavy atom. The number of ether oxygens (including phenoxy) is 1. The number of imidazole rings is 1. The molecule has 0 aromatic carbocycles. The van der Waals surface area contributed by atoms with Crippen LogP contribution in [0.4, 0.5) is 10.3 Å². The van der Waals surface area contributed by atoms with E-state index in [-0.39, 0.29) is 23.7 Å². The number of nitrogen functional groups attached to an aromatic ring is 1. The molecule has 22 heavy (non-hydrogen) atoms. The molecule has 3 rings (SSSR count). The van der Waals surface area contributed by atoms with Crippen LogP contribution in [0.5, 0.6) is 0 Å². The van der Waals surface area contributed by atoms with Crippen molar-refractivity contribution in [2.75, 3.05) is 5.73 Å². The molecule has 0 amide bonds. The van der Waals surface area contributed by atoms with Gasteiger partial charge in [0.2, 0.25) is 5.95 Å². The molecule has 2 aromatic heterocycles. The molecule has 0 spiro atoms. The topological polar surface area (TPSA) is 159 Å². The van der Waals surface area contributed by atoms with E-state index in [1.54, 1.807) is 0 Å². The van der Waals surface area contributed by atoms with Gasteiger partial charge < -0.3 is 29.4 Å². The van der Waals surface area contributed by atoms with Gasteiger partial charge in [-0.05, 0) is 0 Å². The number of nitrogens with one attached hydrogen (secondary N) is 1. The van der Waals surface area contributed by atoms with Crippen LogP contribution < -0.4 is 16.2 Å². The largest absolute Gasteiger partial charge is 0.777 e. The molecule has 4 N–H and O–H groups in total. The number of aromatic nitrogens is 4. The van der Waals surface area contributed by atoms with Gasteiger partial charge >= 0.3 is 0 Å². The van der Waals surface area contributed by atoms with Gasteiger partial charge in [-0.2, -0.15) is 4.98 Å². The number of alkyl halides is 1. The molecule has 2 aromatic rings. The fourth-order valence-corrected chi connectivity index (χ4v) is 3.13. The first-order chi connectivity index (χ1) is 10.3. The Morgan fingerprint density at radius 3 is 3.05 bits per heavy atom. The third kappa shape index (κ3) is 2.63. The van der Waals surface area contributed by atoms with Crippen molar-refractivity contribution in [3.63, 3.8) is 0 Å². The highest BCUT2D eigenvalue weighted by atomic mass is 31.2. The zero-order valence-electron chi connectivity index (χ0n) is 11.0. The lowest BCUT2D eigenvalue weighted by molar-refractivity contribution is -0.204. The number of hydrogen-bond donors (Lipinski definition) is 3.